The van der Waals surface area contributed by atoms with Crippen molar-refractivity contribution >= 4 is 21.9 Å². The lowest BCUT2D eigenvalue weighted by atomic mass is 10.1. The van der Waals surface area contributed by atoms with Crippen molar-refractivity contribution in [2.45, 2.75) is 12.8 Å². The average molecular weight is 290 g/mol. The van der Waals surface area contributed by atoms with Gasteiger partial charge in [0.2, 0.25) is 0 Å². The Hall–Kier alpha value is -0.830. The molecule has 1 aromatic carbocycles. The number of rotatable bonds is 3. The molecule has 0 aliphatic rings. The Morgan fingerprint density at radius 2 is 1.94 bits per heavy atom. The first kappa shape index (κ1) is 14.2. The Kier molecular flexibility index (Phi) is 4.03. The maximum atomic E-state index is 12.3. The third-order valence-corrected chi connectivity index (χ3v) is 2.49. The van der Waals surface area contributed by atoms with Gasteiger partial charge in [-0.15, -0.1) is 0 Å². The van der Waals surface area contributed by atoms with Crippen molar-refractivity contribution in [3.8, 4) is 0 Å². The van der Waals surface area contributed by atoms with Crippen molar-refractivity contribution in [2.75, 3.05) is 0 Å². The fraction of sp³-hybridized carbons (Fsp3) is 0.250. The molecule has 0 fully saturated rings. The van der Waals surface area contributed by atoms with Gasteiger partial charge in [-0.2, -0.15) is 21.6 Å². The lowest BCUT2D eigenvalue weighted by Gasteiger charge is -2.10. The second-order valence-electron chi connectivity index (χ2n) is 3.07. The van der Waals surface area contributed by atoms with Gasteiger partial charge in [-0.05, 0) is 17.7 Å². The highest BCUT2D eigenvalue weighted by Crippen LogP contribution is 2.34. The molecule has 17 heavy (non-hydrogen) atoms. The first-order valence-electron chi connectivity index (χ1n) is 4.12. The second-order valence-corrected chi connectivity index (χ2v) is 4.70. The number of halogens is 4. The van der Waals surface area contributed by atoms with Crippen molar-refractivity contribution in [3.63, 3.8) is 0 Å². The molecule has 0 atom stereocenters. The summed E-state index contributed by atoms with van der Waals surface area (Å²) >= 11 is 5.41. The predicted molar refractivity (Wildman–Crippen MR) is 54.4 cm³/mol. The van der Waals surface area contributed by atoms with Crippen LogP contribution in [0.15, 0.2) is 18.2 Å². The summed E-state index contributed by atoms with van der Waals surface area (Å²) in [6, 6.07) is 2.76. The Labute approximate surface area is 100 Å². The van der Waals surface area contributed by atoms with Crippen LogP contribution in [0.1, 0.15) is 11.1 Å². The zero-order chi connectivity index (χ0) is 13.3. The van der Waals surface area contributed by atoms with E-state index in [4.69, 9.17) is 11.6 Å². The Balaban J connectivity index is 2.90. The van der Waals surface area contributed by atoms with Gasteiger partial charge in [0, 0.05) is 0 Å². The highest BCUT2D eigenvalue weighted by Gasteiger charge is 2.32. The van der Waals surface area contributed by atoms with Crippen LogP contribution in [-0.2, 0) is 27.3 Å². The van der Waals surface area contributed by atoms with E-state index in [2.05, 4.69) is 9.32 Å². The summed E-state index contributed by atoms with van der Waals surface area (Å²) in [5, 5.41) is 4.02. The van der Waals surface area contributed by atoms with E-state index in [9.17, 15) is 21.6 Å². The van der Waals surface area contributed by atoms with Crippen LogP contribution < -0.4 is 5.14 Å². The van der Waals surface area contributed by atoms with Crippen LogP contribution in [0.5, 0.6) is 0 Å². The minimum atomic E-state index is -4.56. The van der Waals surface area contributed by atoms with Gasteiger partial charge >= 0.3 is 16.5 Å². The van der Waals surface area contributed by atoms with Crippen LogP contribution in [0.4, 0.5) is 13.2 Å². The molecule has 0 radical (unpaired) electrons. The van der Waals surface area contributed by atoms with E-state index in [1.807, 2.05) is 0 Å². The topological polar surface area (TPSA) is 69.4 Å². The highest BCUT2D eigenvalue weighted by molar-refractivity contribution is 7.84. The van der Waals surface area contributed by atoms with Crippen LogP contribution in [0.25, 0.3) is 0 Å². The van der Waals surface area contributed by atoms with Gasteiger partial charge < -0.3 is 0 Å². The quantitative estimate of drug-likeness (QED) is 0.926. The molecule has 0 unspecified atom stereocenters. The number of hydrogen-bond donors (Lipinski definition) is 1. The van der Waals surface area contributed by atoms with E-state index in [1.54, 1.807) is 0 Å². The molecular formula is C8H7ClF3NO3S. The molecule has 0 aliphatic heterocycles. The van der Waals surface area contributed by atoms with Gasteiger partial charge in [0.05, 0.1) is 17.2 Å². The largest absolute Gasteiger partial charge is 0.417 e. The Bertz CT molecular complexity index is 515. The maximum absolute atomic E-state index is 12.3. The van der Waals surface area contributed by atoms with Gasteiger partial charge in [0.1, 0.15) is 0 Å². The zero-order valence-electron chi connectivity index (χ0n) is 8.16. The number of nitrogens with two attached hydrogens (primary N) is 1. The fourth-order valence-electron chi connectivity index (χ4n) is 1.03. The van der Waals surface area contributed by atoms with Crippen LogP contribution in [0, 0.1) is 0 Å². The van der Waals surface area contributed by atoms with E-state index in [0.717, 1.165) is 18.2 Å². The molecule has 0 amide bonds. The van der Waals surface area contributed by atoms with Crippen molar-refractivity contribution in [1.29, 1.82) is 0 Å². The summed E-state index contributed by atoms with van der Waals surface area (Å²) < 4.78 is 62.1. The van der Waals surface area contributed by atoms with Gasteiger partial charge in [-0.3, -0.25) is 4.18 Å². The Morgan fingerprint density at radius 3 is 2.35 bits per heavy atom. The van der Waals surface area contributed by atoms with Gasteiger partial charge in [0.15, 0.2) is 0 Å². The third-order valence-electron chi connectivity index (χ3n) is 1.73. The van der Waals surface area contributed by atoms with Crippen molar-refractivity contribution in [1.82, 2.24) is 0 Å². The lowest BCUT2D eigenvalue weighted by molar-refractivity contribution is -0.137. The zero-order valence-corrected chi connectivity index (χ0v) is 9.73. The van der Waals surface area contributed by atoms with E-state index >= 15 is 0 Å². The van der Waals surface area contributed by atoms with Crippen molar-refractivity contribution < 1.29 is 25.8 Å². The number of hydrogen-bond acceptors (Lipinski definition) is 3. The molecule has 9 heteroatoms. The van der Waals surface area contributed by atoms with Crippen LogP contribution in [0.2, 0.25) is 5.02 Å². The van der Waals surface area contributed by atoms with Gasteiger partial charge in [0.25, 0.3) is 0 Å². The standard InChI is InChI=1S/C8H7ClF3NO3S/c9-7-3-5(4-16-17(13,14)15)1-2-6(7)8(10,11)12/h1-3H,4H2,(H2,13,14,15). The average Bonchev–Trinajstić information content (AvgIpc) is 2.11. The summed E-state index contributed by atoms with van der Waals surface area (Å²) in [6.45, 7) is -0.476. The lowest BCUT2D eigenvalue weighted by Crippen LogP contribution is -2.15. The molecule has 0 saturated carbocycles. The second kappa shape index (κ2) is 4.81. The molecule has 96 valence electrons. The first-order valence-corrected chi connectivity index (χ1v) is 5.97. The molecule has 0 bridgehead atoms. The summed E-state index contributed by atoms with van der Waals surface area (Å²) in [6.07, 6.45) is -4.56. The Morgan fingerprint density at radius 1 is 1.35 bits per heavy atom. The minimum Gasteiger partial charge on any atom is -0.253 e. The minimum absolute atomic E-state index is 0.164. The molecule has 4 nitrogen and oxygen atoms in total. The van der Waals surface area contributed by atoms with Gasteiger partial charge in [-0.1, -0.05) is 17.7 Å². The van der Waals surface area contributed by atoms with E-state index < -0.39 is 33.7 Å². The van der Waals surface area contributed by atoms with Crippen LogP contribution in [0.3, 0.4) is 0 Å². The molecule has 0 heterocycles. The molecule has 1 aromatic rings. The van der Waals surface area contributed by atoms with E-state index in [-0.39, 0.29) is 5.56 Å². The smallest absolute Gasteiger partial charge is 0.253 e. The predicted octanol–water partition coefficient (Wildman–Crippen LogP) is 2.08. The summed E-state index contributed by atoms with van der Waals surface area (Å²) in [7, 11) is -4.14. The molecule has 2 N–H and O–H groups in total. The van der Waals surface area contributed by atoms with Crippen LogP contribution >= 0.6 is 11.6 Å². The van der Waals surface area contributed by atoms with Crippen molar-refractivity contribution in [2.24, 2.45) is 5.14 Å². The molecule has 0 saturated heterocycles. The van der Waals surface area contributed by atoms with E-state index in [1.165, 1.54) is 0 Å². The summed E-state index contributed by atoms with van der Waals surface area (Å²) in [4.78, 5) is 0. The molecule has 0 spiro atoms. The summed E-state index contributed by atoms with van der Waals surface area (Å²) in [5.41, 5.74) is -0.837. The third kappa shape index (κ3) is 4.50. The van der Waals surface area contributed by atoms with Crippen LogP contribution in [-0.4, -0.2) is 8.42 Å². The molecule has 0 aromatic heterocycles. The normalized spacial score (nSPS) is 12.8. The monoisotopic (exact) mass is 289 g/mol. The maximum Gasteiger partial charge on any atom is 0.417 e. The molecule has 0 aliphatic carbocycles. The molecular weight excluding hydrogens is 283 g/mol. The first-order chi connectivity index (χ1) is 7.59. The SMILES string of the molecule is NS(=O)(=O)OCc1ccc(C(F)(F)F)c(Cl)c1. The number of alkyl halides is 3. The van der Waals surface area contributed by atoms with E-state index in [0.29, 0.717) is 0 Å². The van der Waals surface area contributed by atoms with Gasteiger partial charge in [-0.25, -0.2) is 5.14 Å². The van der Waals surface area contributed by atoms with Crippen molar-refractivity contribution in [3.05, 3.63) is 34.3 Å². The summed E-state index contributed by atoms with van der Waals surface area (Å²) in [5.74, 6) is 0. The fourth-order valence-corrected chi connectivity index (χ4v) is 1.64. The number of benzene rings is 1. The highest BCUT2D eigenvalue weighted by atomic mass is 35.5. The molecule has 1 rings (SSSR count).